The van der Waals surface area contributed by atoms with E-state index in [0.717, 1.165) is 22.4 Å². The molecule has 0 heterocycles. The fourth-order valence-corrected chi connectivity index (χ4v) is 2.74. The van der Waals surface area contributed by atoms with Gasteiger partial charge in [-0.15, -0.1) is 0 Å². The van der Waals surface area contributed by atoms with Crippen LogP contribution in [0.4, 0.5) is 5.69 Å². The van der Waals surface area contributed by atoms with E-state index in [1.165, 1.54) is 0 Å². The summed E-state index contributed by atoms with van der Waals surface area (Å²) >= 11 is 0. The average molecular weight is 323 g/mol. The molecule has 2 rings (SSSR count). The minimum absolute atomic E-state index is 0.119. The number of benzene rings is 2. The average Bonchev–Trinajstić information content (AvgIpc) is 2.55. The zero-order chi connectivity index (χ0) is 17.7. The predicted molar refractivity (Wildman–Crippen MR) is 98.4 cm³/mol. The molecule has 0 aromatic heterocycles. The normalized spacial score (nSPS) is 10.9. The highest BCUT2D eigenvalue weighted by molar-refractivity contribution is 6.41. The summed E-state index contributed by atoms with van der Waals surface area (Å²) in [5.74, 6) is -0.435. The number of hydrogen-bond acceptors (Lipinski definition) is 2. The van der Waals surface area contributed by atoms with Crippen molar-refractivity contribution in [2.45, 2.75) is 46.0 Å². The predicted octanol–water partition coefficient (Wildman–Crippen LogP) is 4.68. The van der Waals surface area contributed by atoms with Crippen LogP contribution in [0.15, 0.2) is 48.5 Å². The van der Waals surface area contributed by atoms with Gasteiger partial charge in [-0.05, 0) is 28.5 Å². The maximum Gasteiger partial charge on any atom is 0.292 e. The van der Waals surface area contributed by atoms with Gasteiger partial charge in [0.05, 0.1) is 0 Å². The topological polar surface area (TPSA) is 46.2 Å². The molecule has 0 bridgehead atoms. The molecule has 0 spiro atoms. The summed E-state index contributed by atoms with van der Waals surface area (Å²) in [5.41, 5.74) is 3.75. The van der Waals surface area contributed by atoms with Gasteiger partial charge in [0.25, 0.3) is 5.91 Å². The van der Waals surface area contributed by atoms with Crippen molar-refractivity contribution in [3.63, 3.8) is 0 Å². The van der Waals surface area contributed by atoms with Crippen LogP contribution in [0.5, 0.6) is 0 Å². The molecule has 0 aliphatic rings. The molecule has 0 aliphatic carbocycles. The van der Waals surface area contributed by atoms with Gasteiger partial charge >= 0.3 is 0 Å². The number of para-hydroxylation sites is 1. The summed E-state index contributed by atoms with van der Waals surface area (Å²) in [4.78, 5) is 24.7. The van der Waals surface area contributed by atoms with Gasteiger partial charge in [-0.3, -0.25) is 9.59 Å². The van der Waals surface area contributed by atoms with Crippen molar-refractivity contribution in [1.29, 1.82) is 0 Å². The Kier molecular flexibility index (Phi) is 5.91. The standard InChI is InChI=1S/C21H25NO2/c1-14(2)17-11-8-12-18(15(3)4)20(17)22-21(24)19(23)13-16-9-6-5-7-10-16/h5-12,14-15H,13H2,1-4H3,(H,22,24). The van der Waals surface area contributed by atoms with Gasteiger partial charge in [0.15, 0.2) is 0 Å². The molecular formula is C21H25NO2. The summed E-state index contributed by atoms with van der Waals surface area (Å²) in [6, 6.07) is 15.4. The van der Waals surface area contributed by atoms with E-state index in [9.17, 15) is 9.59 Å². The number of carbonyl (C=O) groups is 2. The molecule has 1 amide bonds. The van der Waals surface area contributed by atoms with Crippen LogP contribution in [-0.4, -0.2) is 11.7 Å². The minimum Gasteiger partial charge on any atom is -0.319 e. The third kappa shape index (κ3) is 4.31. The first kappa shape index (κ1) is 17.9. The molecule has 1 N–H and O–H groups in total. The number of ketones is 1. The lowest BCUT2D eigenvalue weighted by Gasteiger charge is -2.19. The third-order valence-electron chi connectivity index (χ3n) is 4.07. The van der Waals surface area contributed by atoms with Crippen LogP contribution >= 0.6 is 0 Å². The van der Waals surface area contributed by atoms with Gasteiger partial charge in [0.1, 0.15) is 0 Å². The molecule has 3 heteroatoms. The molecule has 2 aromatic rings. The molecule has 0 unspecified atom stereocenters. The first-order valence-electron chi connectivity index (χ1n) is 8.41. The van der Waals surface area contributed by atoms with E-state index < -0.39 is 11.7 Å². The number of anilines is 1. The number of hydrogen-bond donors (Lipinski definition) is 1. The van der Waals surface area contributed by atoms with Gasteiger partial charge in [-0.2, -0.15) is 0 Å². The molecular weight excluding hydrogens is 298 g/mol. The Balaban J connectivity index is 2.23. The van der Waals surface area contributed by atoms with Crippen molar-refractivity contribution in [1.82, 2.24) is 0 Å². The SMILES string of the molecule is CC(C)c1cccc(C(C)C)c1NC(=O)C(=O)Cc1ccccc1. The number of amides is 1. The highest BCUT2D eigenvalue weighted by atomic mass is 16.2. The molecule has 0 radical (unpaired) electrons. The van der Waals surface area contributed by atoms with E-state index in [-0.39, 0.29) is 18.3 Å². The Morgan fingerprint density at radius 1 is 0.833 bits per heavy atom. The van der Waals surface area contributed by atoms with Crippen molar-refractivity contribution in [2.75, 3.05) is 5.32 Å². The zero-order valence-electron chi connectivity index (χ0n) is 14.8. The van der Waals surface area contributed by atoms with Crippen LogP contribution < -0.4 is 5.32 Å². The number of Topliss-reactive ketones (excluding diaryl/α,β-unsaturated/α-hetero) is 1. The van der Waals surface area contributed by atoms with Crippen LogP contribution in [0.3, 0.4) is 0 Å². The third-order valence-corrected chi connectivity index (χ3v) is 4.07. The van der Waals surface area contributed by atoms with E-state index in [1.807, 2.05) is 48.5 Å². The summed E-state index contributed by atoms with van der Waals surface area (Å²) in [6.07, 6.45) is 0.119. The quantitative estimate of drug-likeness (QED) is 0.784. The molecule has 0 fully saturated rings. The Hall–Kier alpha value is -2.42. The fourth-order valence-electron chi connectivity index (χ4n) is 2.74. The molecule has 0 aliphatic heterocycles. The lowest BCUT2D eigenvalue weighted by atomic mass is 9.92. The second-order valence-corrected chi connectivity index (χ2v) is 6.66. The second kappa shape index (κ2) is 7.91. The maximum atomic E-state index is 12.4. The van der Waals surface area contributed by atoms with Crippen LogP contribution in [-0.2, 0) is 16.0 Å². The van der Waals surface area contributed by atoms with Crippen LogP contribution in [0.25, 0.3) is 0 Å². The van der Waals surface area contributed by atoms with Crippen molar-refractivity contribution in [2.24, 2.45) is 0 Å². The Morgan fingerprint density at radius 3 is 1.88 bits per heavy atom. The number of carbonyl (C=O) groups excluding carboxylic acids is 2. The molecule has 0 saturated heterocycles. The largest absolute Gasteiger partial charge is 0.319 e. The fraction of sp³-hybridized carbons (Fsp3) is 0.333. The Labute approximate surface area is 144 Å². The number of rotatable bonds is 6. The number of nitrogens with one attached hydrogen (secondary N) is 1. The molecule has 24 heavy (non-hydrogen) atoms. The Morgan fingerprint density at radius 2 is 1.38 bits per heavy atom. The summed E-state index contributed by atoms with van der Waals surface area (Å²) in [5, 5.41) is 2.87. The Bertz CT molecular complexity index is 692. The summed E-state index contributed by atoms with van der Waals surface area (Å²) < 4.78 is 0. The van der Waals surface area contributed by atoms with Crippen LogP contribution in [0.2, 0.25) is 0 Å². The van der Waals surface area contributed by atoms with Crippen molar-refractivity contribution in [3.8, 4) is 0 Å². The highest BCUT2D eigenvalue weighted by Gasteiger charge is 2.20. The zero-order valence-corrected chi connectivity index (χ0v) is 14.8. The van der Waals surface area contributed by atoms with E-state index >= 15 is 0 Å². The van der Waals surface area contributed by atoms with E-state index in [0.29, 0.717) is 0 Å². The maximum absolute atomic E-state index is 12.4. The second-order valence-electron chi connectivity index (χ2n) is 6.66. The van der Waals surface area contributed by atoms with Crippen LogP contribution in [0, 0.1) is 0 Å². The molecule has 126 valence electrons. The first-order chi connectivity index (χ1) is 11.4. The highest BCUT2D eigenvalue weighted by Crippen LogP contribution is 2.32. The smallest absolute Gasteiger partial charge is 0.292 e. The van der Waals surface area contributed by atoms with E-state index in [1.54, 1.807) is 0 Å². The van der Waals surface area contributed by atoms with E-state index in [2.05, 4.69) is 33.0 Å². The van der Waals surface area contributed by atoms with Crippen molar-refractivity contribution < 1.29 is 9.59 Å². The lowest BCUT2D eigenvalue weighted by molar-refractivity contribution is -0.134. The first-order valence-corrected chi connectivity index (χ1v) is 8.41. The molecule has 0 saturated carbocycles. The van der Waals surface area contributed by atoms with Crippen molar-refractivity contribution in [3.05, 3.63) is 65.2 Å². The van der Waals surface area contributed by atoms with Gasteiger partial charge < -0.3 is 5.32 Å². The van der Waals surface area contributed by atoms with Gasteiger partial charge in [0, 0.05) is 12.1 Å². The monoisotopic (exact) mass is 323 g/mol. The molecule has 0 atom stereocenters. The summed E-state index contributed by atoms with van der Waals surface area (Å²) in [6.45, 7) is 8.34. The van der Waals surface area contributed by atoms with Crippen molar-refractivity contribution >= 4 is 17.4 Å². The minimum atomic E-state index is -0.547. The molecule has 2 aromatic carbocycles. The molecule has 3 nitrogen and oxygen atoms in total. The van der Waals surface area contributed by atoms with Gasteiger partial charge in [-0.1, -0.05) is 76.2 Å². The lowest BCUT2D eigenvalue weighted by Crippen LogP contribution is -2.26. The van der Waals surface area contributed by atoms with Crippen LogP contribution in [0.1, 0.15) is 56.2 Å². The summed E-state index contributed by atoms with van der Waals surface area (Å²) in [7, 11) is 0. The van der Waals surface area contributed by atoms with E-state index in [4.69, 9.17) is 0 Å². The van der Waals surface area contributed by atoms with Gasteiger partial charge in [0.2, 0.25) is 5.78 Å². The van der Waals surface area contributed by atoms with Gasteiger partial charge in [-0.25, -0.2) is 0 Å².